The number of guanidine groups is 1. The molecule has 1 aromatic heterocycles. The third-order valence-electron chi connectivity index (χ3n) is 4.79. The molecule has 0 aliphatic heterocycles. The number of hydrogen-bond acceptors (Lipinski definition) is 6. The van der Waals surface area contributed by atoms with Gasteiger partial charge in [-0.1, -0.05) is 0 Å². The van der Waals surface area contributed by atoms with Crippen LogP contribution in [-0.2, 0) is 0 Å². The number of pyridine rings is 1. The summed E-state index contributed by atoms with van der Waals surface area (Å²) in [6, 6.07) is 18.1. The van der Waals surface area contributed by atoms with Crippen molar-refractivity contribution in [1.29, 1.82) is 5.26 Å². The SMILES string of the molecule is COc1cc2nccc(Oc3ccc(NC(=Nc4ccc(F)cc4)NC#N)cc3)c2cc1OC. The number of fused-ring (bicyclic) bond motifs is 1. The molecule has 0 aliphatic rings. The summed E-state index contributed by atoms with van der Waals surface area (Å²) in [4.78, 5) is 8.66. The van der Waals surface area contributed by atoms with Crippen molar-refractivity contribution in [3.05, 3.63) is 78.7 Å². The average Bonchev–Trinajstić information content (AvgIpc) is 2.86. The minimum Gasteiger partial charge on any atom is -0.493 e. The second-order valence-electron chi connectivity index (χ2n) is 6.96. The number of aromatic nitrogens is 1. The van der Waals surface area contributed by atoms with Crippen LogP contribution in [0.1, 0.15) is 0 Å². The minimum absolute atomic E-state index is 0.198. The first kappa shape index (κ1) is 22.4. The summed E-state index contributed by atoms with van der Waals surface area (Å²) in [6.45, 7) is 0. The zero-order valence-electron chi connectivity index (χ0n) is 18.4. The smallest absolute Gasteiger partial charge is 0.214 e. The van der Waals surface area contributed by atoms with Crippen molar-refractivity contribution in [3.8, 4) is 29.2 Å². The van der Waals surface area contributed by atoms with Crippen molar-refractivity contribution in [1.82, 2.24) is 10.3 Å². The molecule has 0 saturated carbocycles. The number of nitriles is 1. The van der Waals surface area contributed by atoms with Gasteiger partial charge in [0, 0.05) is 23.3 Å². The maximum atomic E-state index is 13.1. The van der Waals surface area contributed by atoms with Crippen molar-refractivity contribution in [2.75, 3.05) is 19.5 Å². The second kappa shape index (κ2) is 10.2. The number of methoxy groups -OCH3 is 2. The number of hydrogen-bond donors (Lipinski definition) is 2. The van der Waals surface area contributed by atoms with Crippen LogP contribution in [0.3, 0.4) is 0 Å². The summed E-state index contributed by atoms with van der Waals surface area (Å²) in [5.41, 5.74) is 1.86. The van der Waals surface area contributed by atoms with Crippen molar-refractivity contribution >= 4 is 28.2 Å². The fraction of sp³-hybridized carbons (Fsp3) is 0.0800. The molecule has 4 aromatic rings. The van der Waals surface area contributed by atoms with Crippen molar-refractivity contribution in [3.63, 3.8) is 0 Å². The van der Waals surface area contributed by atoms with E-state index in [-0.39, 0.29) is 11.8 Å². The molecule has 8 nitrogen and oxygen atoms in total. The van der Waals surface area contributed by atoms with Gasteiger partial charge in [-0.2, -0.15) is 5.26 Å². The van der Waals surface area contributed by atoms with Crippen LogP contribution < -0.4 is 24.8 Å². The number of nitrogens with one attached hydrogen (secondary N) is 2. The number of aliphatic imine (C=N–C) groups is 1. The van der Waals surface area contributed by atoms with Crippen LogP contribution in [0.2, 0.25) is 0 Å². The Morgan fingerprint density at radius 2 is 1.65 bits per heavy atom. The normalized spacial score (nSPS) is 10.9. The van der Waals surface area contributed by atoms with Gasteiger partial charge in [-0.15, -0.1) is 0 Å². The molecule has 0 fully saturated rings. The Morgan fingerprint density at radius 3 is 2.32 bits per heavy atom. The number of rotatable bonds is 6. The maximum absolute atomic E-state index is 13.1. The first-order valence-corrected chi connectivity index (χ1v) is 10.1. The predicted molar refractivity (Wildman–Crippen MR) is 127 cm³/mol. The van der Waals surface area contributed by atoms with E-state index in [0.29, 0.717) is 39.9 Å². The molecule has 2 N–H and O–H groups in total. The first-order chi connectivity index (χ1) is 16.6. The summed E-state index contributed by atoms with van der Waals surface area (Å²) in [7, 11) is 3.14. The molecule has 0 radical (unpaired) electrons. The second-order valence-corrected chi connectivity index (χ2v) is 6.96. The fourth-order valence-electron chi connectivity index (χ4n) is 3.19. The lowest BCUT2D eigenvalue weighted by Gasteiger charge is -2.13. The zero-order chi connectivity index (χ0) is 23.9. The molecule has 3 aromatic carbocycles. The third-order valence-corrected chi connectivity index (χ3v) is 4.79. The van der Waals surface area contributed by atoms with Gasteiger partial charge in [-0.25, -0.2) is 9.38 Å². The maximum Gasteiger partial charge on any atom is 0.214 e. The van der Waals surface area contributed by atoms with E-state index in [2.05, 4.69) is 20.6 Å². The number of anilines is 1. The number of ether oxygens (including phenoxy) is 3. The lowest BCUT2D eigenvalue weighted by atomic mass is 10.2. The topological polar surface area (TPSA) is 101 Å². The Balaban J connectivity index is 1.54. The molecule has 9 heteroatoms. The van der Waals surface area contributed by atoms with E-state index in [4.69, 9.17) is 19.5 Å². The Labute approximate surface area is 195 Å². The highest BCUT2D eigenvalue weighted by Gasteiger charge is 2.11. The standard InChI is InChI=1S/C25H20FN5O3/c1-32-23-13-20-21(14-24(23)33-2)28-12-11-22(20)34-19-9-7-18(8-10-19)31-25(29-15-27)30-17-5-3-16(26)4-6-17/h3-14H,1-2H3,(H2,29,30,31). The molecular formula is C25H20FN5O3. The largest absolute Gasteiger partial charge is 0.493 e. The Bertz CT molecular complexity index is 1370. The van der Waals surface area contributed by atoms with Crippen molar-refractivity contribution < 1.29 is 18.6 Å². The number of benzene rings is 3. The quantitative estimate of drug-likeness (QED) is 0.174. The molecule has 0 unspecified atom stereocenters. The van der Waals surface area contributed by atoms with E-state index >= 15 is 0 Å². The van der Waals surface area contributed by atoms with Gasteiger partial charge in [0.05, 0.1) is 25.4 Å². The van der Waals surface area contributed by atoms with E-state index in [9.17, 15) is 4.39 Å². The third kappa shape index (κ3) is 5.14. The Kier molecular flexibility index (Phi) is 6.70. The Hall–Kier alpha value is -4.84. The van der Waals surface area contributed by atoms with Crippen LogP contribution in [-0.4, -0.2) is 25.2 Å². The number of halogens is 1. The van der Waals surface area contributed by atoms with Crippen molar-refractivity contribution in [2.45, 2.75) is 0 Å². The van der Waals surface area contributed by atoms with Crippen LogP contribution in [0.15, 0.2) is 77.9 Å². The lowest BCUT2D eigenvalue weighted by molar-refractivity contribution is 0.355. The molecule has 0 atom stereocenters. The lowest BCUT2D eigenvalue weighted by Crippen LogP contribution is -2.26. The minimum atomic E-state index is -0.364. The van der Waals surface area contributed by atoms with Gasteiger partial charge in [0.15, 0.2) is 17.7 Å². The van der Waals surface area contributed by atoms with Gasteiger partial charge >= 0.3 is 0 Å². The predicted octanol–water partition coefficient (Wildman–Crippen LogP) is 5.35. The van der Waals surface area contributed by atoms with Crippen LogP contribution in [0.25, 0.3) is 10.9 Å². The molecule has 0 spiro atoms. The van der Waals surface area contributed by atoms with Gasteiger partial charge < -0.3 is 19.5 Å². The average molecular weight is 457 g/mol. The summed E-state index contributed by atoms with van der Waals surface area (Å²) in [5, 5.41) is 15.3. The highest BCUT2D eigenvalue weighted by molar-refractivity contribution is 5.96. The van der Waals surface area contributed by atoms with E-state index < -0.39 is 0 Å². The molecule has 4 rings (SSSR count). The van der Waals surface area contributed by atoms with E-state index in [1.807, 2.05) is 12.3 Å². The van der Waals surface area contributed by atoms with Gasteiger partial charge in [-0.3, -0.25) is 10.3 Å². The molecule has 1 heterocycles. The molecule has 0 aliphatic carbocycles. The van der Waals surface area contributed by atoms with Gasteiger partial charge in [0.2, 0.25) is 5.96 Å². The van der Waals surface area contributed by atoms with E-state index in [1.54, 1.807) is 56.8 Å². The zero-order valence-corrected chi connectivity index (χ0v) is 18.4. The molecular weight excluding hydrogens is 437 g/mol. The van der Waals surface area contributed by atoms with Crippen LogP contribution in [0, 0.1) is 17.3 Å². The molecule has 0 amide bonds. The highest BCUT2D eigenvalue weighted by Crippen LogP contribution is 2.37. The van der Waals surface area contributed by atoms with Gasteiger partial charge in [-0.05, 0) is 60.7 Å². The van der Waals surface area contributed by atoms with E-state index in [0.717, 1.165) is 5.39 Å². The van der Waals surface area contributed by atoms with Crippen LogP contribution in [0.5, 0.6) is 23.0 Å². The summed E-state index contributed by atoms with van der Waals surface area (Å²) in [5.74, 6) is 2.19. The molecule has 0 bridgehead atoms. The van der Waals surface area contributed by atoms with Gasteiger partial charge in [0.25, 0.3) is 0 Å². The van der Waals surface area contributed by atoms with Crippen LogP contribution >= 0.6 is 0 Å². The van der Waals surface area contributed by atoms with E-state index in [1.165, 1.54) is 24.3 Å². The summed E-state index contributed by atoms with van der Waals surface area (Å²) >= 11 is 0. The van der Waals surface area contributed by atoms with Gasteiger partial charge in [0.1, 0.15) is 17.3 Å². The molecule has 34 heavy (non-hydrogen) atoms. The summed E-state index contributed by atoms with van der Waals surface area (Å²) < 4.78 is 29.9. The Morgan fingerprint density at radius 1 is 0.941 bits per heavy atom. The summed E-state index contributed by atoms with van der Waals surface area (Å²) in [6.07, 6.45) is 3.49. The number of nitrogens with zero attached hydrogens (tertiary/aromatic N) is 3. The van der Waals surface area contributed by atoms with Crippen molar-refractivity contribution in [2.24, 2.45) is 4.99 Å². The highest BCUT2D eigenvalue weighted by atomic mass is 19.1. The molecule has 170 valence electrons. The molecule has 0 saturated heterocycles. The fourth-order valence-corrected chi connectivity index (χ4v) is 3.19. The monoisotopic (exact) mass is 457 g/mol. The van der Waals surface area contributed by atoms with Crippen LogP contribution in [0.4, 0.5) is 15.8 Å². The first-order valence-electron chi connectivity index (χ1n) is 10.1.